The van der Waals surface area contributed by atoms with Crippen LogP contribution in [0.4, 0.5) is 0 Å². The first-order valence-corrected chi connectivity index (χ1v) is 13.3. The Hall–Kier alpha value is -3.79. The molecule has 0 saturated carbocycles. The maximum absolute atomic E-state index is 12.8. The lowest BCUT2D eigenvalue weighted by Gasteiger charge is -2.22. The Labute approximate surface area is 228 Å². The van der Waals surface area contributed by atoms with Crippen LogP contribution in [0.1, 0.15) is 32.2 Å². The number of benzene rings is 3. The van der Waals surface area contributed by atoms with E-state index in [0.29, 0.717) is 48.4 Å². The molecule has 3 heterocycles. The maximum Gasteiger partial charge on any atom is 0.271 e. The predicted molar refractivity (Wildman–Crippen MR) is 143 cm³/mol. The second kappa shape index (κ2) is 10.9. The number of aromatic nitrogens is 1. The van der Waals surface area contributed by atoms with Crippen molar-refractivity contribution in [1.29, 1.82) is 0 Å². The van der Waals surface area contributed by atoms with Gasteiger partial charge in [-0.2, -0.15) is 0 Å². The summed E-state index contributed by atoms with van der Waals surface area (Å²) in [4.78, 5) is 19.7. The van der Waals surface area contributed by atoms with Gasteiger partial charge in [0.25, 0.3) is 5.91 Å². The molecule has 194 valence electrons. The summed E-state index contributed by atoms with van der Waals surface area (Å²) in [5.74, 6) is 2.70. The van der Waals surface area contributed by atoms with Crippen LogP contribution in [-0.4, -0.2) is 29.4 Å². The highest BCUT2D eigenvalue weighted by Crippen LogP contribution is 2.34. The molecule has 0 spiro atoms. The Morgan fingerprint density at radius 1 is 0.816 bits per heavy atom. The Morgan fingerprint density at radius 3 is 2.16 bits per heavy atom. The molecule has 2 aliphatic rings. The number of rotatable bonds is 9. The van der Waals surface area contributed by atoms with E-state index in [0.717, 1.165) is 33.2 Å². The summed E-state index contributed by atoms with van der Waals surface area (Å²) in [7, 11) is 0. The van der Waals surface area contributed by atoms with Gasteiger partial charge in [0, 0.05) is 30.0 Å². The van der Waals surface area contributed by atoms with Crippen LogP contribution in [0.3, 0.4) is 0 Å². The zero-order valence-corrected chi connectivity index (χ0v) is 21.9. The van der Waals surface area contributed by atoms with Gasteiger partial charge in [-0.3, -0.25) is 9.69 Å². The Bertz CT molecular complexity index is 1460. The van der Waals surface area contributed by atoms with Crippen LogP contribution in [0.25, 0.3) is 0 Å². The van der Waals surface area contributed by atoms with Crippen LogP contribution in [0, 0.1) is 0 Å². The molecular formula is C28H24ClN3O5S. The van der Waals surface area contributed by atoms with Crippen LogP contribution in [0.15, 0.2) is 66.0 Å². The molecule has 4 aromatic rings. The van der Waals surface area contributed by atoms with Gasteiger partial charge in [-0.25, -0.2) is 4.98 Å². The van der Waals surface area contributed by atoms with Crippen LogP contribution in [0.5, 0.6) is 23.0 Å². The molecule has 3 aromatic carbocycles. The lowest BCUT2D eigenvalue weighted by molar-refractivity contribution is 0.0946. The van der Waals surface area contributed by atoms with Crippen molar-refractivity contribution in [3.63, 3.8) is 0 Å². The van der Waals surface area contributed by atoms with E-state index < -0.39 is 0 Å². The third-order valence-electron chi connectivity index (χ3n) is 6.20. The molecule has 8 nitrogen and oxygen atoms in total. The molecule has 0 fully saturated rings. The van der Waals surface area contributed by atoms with Gasteiger partial charge in [0.15, 0.2) is 23.0 Å². The first-order chi connectivity index (χ1) is 18.6. The van der Waals surface area contributed by atoms with E-state index >= 15 is 0 Å². The lowest BCUT2D eigenvalue weighted by Crippen LogP contribution is -2.24. The molecule has 0 atom stereocenters. The summed E-state index contributed by atoms with van der Waals surface area (Å²) in [5.41, 5.74) is 3.56. The molecular weight excluding hydrogens is 526 g/mol. The lowest BCUT2D eigenvalue weighted by atomic mass is 10.1. The molecule has 6 rings (SSSR count). The third-order valence-corrected chi connectivity index (χ3v) is 7.28. The molecule has 0 saturated heterocycles. The van der Waals surface area contributed by atoms with Crippen LogP contribution < -0.4 is 24.3 Å². The summed E-state index contributed by atoms with van der Waals surface area (Å²) in [6, 6.07) is 19.4. The smallest absolute Gasteiger partial charge is 0.271 e. The fourth-order valence-electron chi connectivity index (χ4n) is 4.32. The molecule has 1 aromatic heterocycles. The molecule has 0 unspecified atom stereocenters. The van der Waals surface area contributed by atoms with Crippen LogP contribution in [-0.2, 0) is 26.2 Å². The number of hydrogen-bond donors (Lipinski definition) is 1. The molecule has 1 amide bonds. The van der Waals surface area contributed by atoms with Crippen LogP contribution in [0.2, 0.25) is 5.02 Å². The Morgan fingerprint density at radius 2 is 1.42 bits per heavy atom. The zero-order valence-electron chi connectivity index (χ0n) is 20.3. The van der Waals surface area contributed by atoms with Crippen molar-refractivity contribution in [3.8, 4) is 23.0 Å². The minimum atomic E-state index is -0.217. The van der Waals surface area contributed by atoms with Crippen molar-refractivity contribution in [2.24, 2.45) is 0 Å². The fraction of sp³-hybridized carbons (Fsp3) is 0.214. The second-order valence-corrected chi connectivity index (χ2v) is 10.3. The largest absolute Gasteiger partial charge is 0.454 e. The number of hydrogen-bond acceptors (Lipinski definition) is 8. The van der Waals surface area contributed by atoms with E-state index in [1.165, 1.54) is 11.3 Å². The van der Waals surface area contributed by atoms with E-state index in [1.54, 1.807) is 5.38 Å². The predicted octanol–water partition coefficient (Wildman–Crippen LogP) is 5.39. The number of amides is 1. The van der Waals surface area contributed by atoms with Crippen LogP contribution >= 0.6 is 22.9 Å². The minimum absolute atomic E-state index is 0.217. The average molecular weight is 550 g/mol. The molecule has 38 heavy (non-hydrogen) atoms. The second-order valence-electron chi connectivity index (χ2n) is 8.96. The minimum Gasteiger partial charge on any atom is -0.454 e. The number of thiazole rings is 1. The molecule has 1 N–H and O–H groups in total. The fourth-order valence-corrected chi connectivity index (χ4v) is 5.26. The van der Waals surface area contributed by atoms with Crippen molar-refractivity contribution in [2.45, 2.75) is 26.2 Å². The van der Waals surface area contributed by atoms with Crippen molar-refractivity contribution in [1.82, 2.24) is 15.2 Å². The van der Waals surface area contributed by atoms with Crippen molar-refractivity contribution >= 4 is 28.8 Å². The number of nitrogens with zero attached hydrogens (tertiary/aromatic N) is 2. The zero-order chi connectivity index (χ0) is 25.9. The highest BCUT2D eigenvalue weighted by atomic mass is 35.5. The summed E-state index contributed by atoms with van der Waals surface area (Å²) < 4.78 is 21.8. The van der Waals surface area contributed by atoms with Gasteiger partial charge in [-0.05, 0) is 53.1 Å². The number of halogens is 1. The Balaban J connectivity index is 1.13. The van der Waals surface area contributed by atoms with Crippen molar-refractivity contribution < 1.29 is 23.7 Å². The van der Waals surface area contributed by atoms with Crippen molar-refractivity contribution in [3.05, 3.63) is 98.5 Å². The SMILES string of the molecule is O=C(NCc1ccc2c(c1)OCO2)c1csc(CN(Cc2ccc(Cl)cc2)Cc2ccc3c(c2)OCO3)n1. The van der Waals surface area contributed by atoms with E-state index in [-0.39, 0.29) is 19.5 Å². The molecule has 2 aliphatic heterocycles. The molecule has 10 heteroatoms. The summed E-state index contributed by atoms with van der Waals surface area (Å²) in [5, 5.41) is 6.29. The highest BCUT2D eigenvalue weighted by Gasteiger charge is 2.18. The van der Waals surface area contributed by atoms with Gasteiger partial charge in [0.1, 0.15) is 10.7 Å². The quantitative estimate of drug-likeness (QED) is 0.300. The van der Waals surface area contributed by atoms with Gasteiger partial charge in [0.05, 0.1) is 6.54 Å². The highest BCUT2D eigenvalue weighted by molar-refractivity contribution is 7.09. The topological polar surface area (TPSA) is 82.2 Å². The summed E-state index contributed by atoms with van der Waals surface area (Å²) >= 11 is 7.56. The first kappa shape index (κ1) is 24.5. The third kappa shape index (κ3) is 5.70. The molecule has 0 radical (unpaired) electrons. The van der Waals surface area contributed by atoms with E-state index in [1.807, 2.05) is 60.7 Å². The monoisotopic (exact) mass is 549 g/mol. The maximum atomic E-state index is 12.8. The van der Waals surface area contributed by atoms with Crippen molar-refractivity contribution in [2.75, 3.05) is 13.6 Å². The van der Waals surface area contributed by atoms with Gasteiger partial charge < -0.3 is 24.3 Å². The average Bonchev–Trinajstić information content (AvgIpc) is 3.69. The van der Waals surface area contributed by atoms with E-state index in [4.69, 9.17) is 30.5 Å². The Kier molecular flexibility index (Phi) is 7.04. The standard InChI is InChI=1S/C28H24ClN3O5S/c29-21-5-1-18(2-6-21)12-32(13-20-4-8-24-26(10-20)37-17-35-24)14-27-31-22(15-38-27)28(33)30-11-19-3-7-23-25(9-19)36-16-34-23/h1-10,15H,11-14,16-17H2,(H,30,33). The van der Waals surface area contributed by atoms with Gasteiger partial charge in [-0.1, -0.05) is 35.9 Å². The first-order valence-electron chi connectivity index (χ1n) is 12.1. The number of carbonyl (C=O) groups excluding carboxylic acids is 1. The number of fused-ring (bicyclic) bond motifs is 2. The van der Waals surface area contributed by atoms with Gasteiger partial charge in [0.2, 0.25) is 13.6 Å². The molecule has 0 aliphatic carbocycles. The number of nitrogens with one attached hydrogen (secondary N) is 1. The summed E-state index contributed by atoms with van der Waals surface area (Å²) in [6.45, 7) is 2.77. The number of carbonyl (C=O) groups is 1. The molecule has 0 bridgehead atoms. The van der Waals surface area contributed by atoms with E-state index in [2.05, 4.69) is 15.2 Å². The number of ether oxygens (including phenoxy) is 4. The normalized spacial score (nSPS) is 13.2. The van der Waals surface area contributed by atoms with Gasteiger partial charge >= 0.3 is 0 Å². The summed E-state index contributed by atoms with van der Waals surface area (Å²) in [6.07, 6.45) is 0. The van der Waals surface area contributed by atoms with Gasteiger partial charge in [-0.15, -0.1) is 11.3 Å². The van der Waals surface area contributed by atoms with E-state index in [9.17, 15) is 4.79 Å².